The van der Waals surface area contributed by atoms with Crippen molar-refractivity contribution in [3.8, 4) is 0 Å². The van der Waals surface area contributed by atoms with Crippen molar-refractivity contribution in [2.45, 2.75) is 6.10 Å². The van der Waals surface area contributed by atoms with E-state index in [1.54, 1.807) is 0 Å². The molecule has 1 aromatic rings. The zero-order valence-corrected chi connectivity index (χ0v) is 9.83. The van der Waals surface area contributed by atoms with Crippen LogP contribution in [-0.4, -0.2) is 42.3 Å². The summed E-state index contributed by atoms with van der Waals surface area (Å²) in [4.78, 5) is 21.6. The maximum Gasteiger partial charge on any atom is 0.270 e. The number of hydrogen-bond acceptors (Lipinski definition) is 5. The molecule has 0 heterocycles. The summed E-state index contributed by atoms with van der Waals surface area (Å²) >= 11 is 0. The van der Waals surface area contributed by atoms with E-state index >= 15 is 0 Å². The van der Waals surface area contributed by atoms with Crippen LogP contribution < -0.4 is 5.32 Å². The Morgan fingerprint density at radius 1 is 1.61 bits per heavy atom. The average molecular weight is 254 g/mol. The first-order chi connectivity index (χ1) is 8.54. The molecule has 0 aliphatic carbocycles. The number of carbonyl (C=O) groups is 1. The van der Waals surface area contributed by atoms with Crippen LogP contribution in [0.25, 0.3) is 0 Å². The van der Waals surface area contributed by atoms with E-state index in [0.717, 1.165) is 0 Å². The zero-order chi connectivity index (χ0) is 13.5. The standard InChI is InChI=1S/C11H14N2O5/c1-18-7-10(14)6-12-11(15)8-3-2-4-9(5-8)13(16)17/h2-5,10,14H,6-7H2,1H3,(H,12,15). The molecule has 98 valence electrons. The van der Waals surface area contributed by atoms with E-state index in [9.17, 15) is 20.0 Å². The van der Waals surface area contributed by atoms with E-state index in [4.69, 9.17) is 4.74 Å². The average Bonchev–Trinajstić information content (AvgIpc) is 2.36. The van der Waals surface area contributed by atoms with Crippen LogP contribution in [0.2, 0.25) is 0 Å². The van der Waals surface area contributed by atoms with Crippen LogP contribution in [0, 0.1) is 10.1 Å². The number of aliphatic hydroxyl groups excluding tert-OH is 1. The predicted molar refractivity (Wildman–Crippen MR) is 63.3 cm³/mol. The highest BCUT2D eigenvalue weighted by atomic mass is 16.6. The number of rotatable bonds is 6. The molecule has 0 aromatic heterocycles. The number of amides is 1. The molecule has 0 saturated carbocycles. The predicted octanol–water partition coefficient (Wildman–Crippen LogP) is 0.332. The lowest BCUT2D eigenvalue weighted by Crippen LogP contribution is -2.34. The molecular formula is C11H14N2O5. The Kier molecular flexibility index (Phi) is 5.22. The van der Waals surface area contributed by atoms with E-state index in [2.05, 4.69) is 5.32 Å². The summed E-state index contributed by atoms with van der Waals surface area (Å²) in [7, 11) is 1.44. The van der Waals surface area contributed by atoms with E-state index in [-0.39, 0.29) is 24.4 Å². The molecule has 0 aliphatic rings. The summed E-state index contributed by atoms with van der Waals surface area (Å²) in [5.41, 5.74) is 0.0221. The molecule has 1 unspecified atom stereocenters. The molecule has 1 aromatic carbocycles. The summed E-state index contributed by atoms with van der Waals surface area (Å²) < 4.78 is 4.70. The fraction of sp³-hybridized carbons (Fsp3) is 0.364. The minimum atomic E-state index is -0.808. The van der Waals surface area contributed by atoms with Gasteiger partial charge >= 0.3 is 0 Å². The highest BCUT2D eigenvalue weighted by Gasteiger charge is 2.12. The number of nitrogens with one attached hydrogen (secondary N) is 1. The largest absolute Gasteiger partial charge is 0.389 e. The smallest absolute Gasteiger partial charge is 0.270 e. The van der Waals surface area contributed by atoms with Gasteiger partial charge in [-0.3, -0.25) is 14.9 Å². The number of methoxy groups -OCH3 is 1. The van der Waals surface area contributed by atoms with Gasteiger partial charge in [0.2, 0.25) is 0 Å². The summed E-state index contributed by atoms with van der Waals surface area (Å²) in [5.74, 6) is -0.478. The number of benzene rings is 1. The van der Waals surface area contributed by atoms with E-state index in [1.165, 1.54) is 31.4 Å². The quantitative estimate of drug-likeness (QED) is 0.562. The van der Waals surface area contributed by atoms with Crippen LogP contribution in [0.5, 0.6) is 0 Å². The van der Waals surface area contributed by atoms with Gasteiger partial charge in [0, 0.05) is 31.4 Å². The third-order valence-corrected chi connectivity index (χ3v) is 2.18. The van der Waals surface area contributed by atoms with Crippen molar-refractivity contribution >= 4 is 11.6 Å². The molecule has 0 saturated heterocycles. The number of nitro benzene ring substituents is 1. The summed E-state index contributed by atoms with van der Waals surface area (Å²) in [6.45, 7) is 0.130. The summed E-state index contributed by atoms with van der Waals surface area (Å²) in [5, 5.41) is 22.3. The van der Waals surface area contributed by atoms with Crippen LogP contribution in [0.3, 0.4) is 0 Å². The molecular weight excluding hydrogens is 240 g/mol. The van der Waals surface area contributed by atoms with Crippen molar-refractivity contribution in [2.24, 2.45) is 0 Å². The Bertz CT molecular complexity index is 435. The third kappa shape index (κ3) is 4.11. The van der Waals surface area contributed by atoms with E-state index < -0.39 is 16.9 Å². The lowest BCUT2D eigenvalue weighted by Gasteiger charge is -2.10. The van der Waals surface area contributed by atoms with Crippen molar-refractivity contribution in [1.29, 1.82) is 0 Å². The maximum absolute atomic E-state index is 11.6. The Morgan fingerprint density at radius 2 is 2.33 bits per heavy atom. The Labute approximate surface area is 104 Å². The highest BCUT2D eigenvalue weighted by molar-refractivity contribution is 5.94. The first-order valence-corrected chi connectivity index (χ1v) is 5.24. The first-order valence-electron chi connectivity index (χ1n) is 5.24. The second-order valence-electron chi connectivity index (χ2n) is 3.63. The minimum Gasteiger partial charge on any atom is -0.389 e. The number of nitro groups is 1. The van der Waals surface area contributed by atoms with Crippen molar-refractivity contribution in [1.82, 2.24) is 5.32 Å². The number of non-ortho nitro benzene ring substituents is 1. The molecule has 18 heavy (non-hydrogen) atoms. The topological polar surface area (TPSA) is 102 Å². The minimum absolute atomic E-state index is 0.0232. The lowest BCUT2D eigenvalue weighted by atomic mass is 10.2. The van der Waals surface area contributed by atoms with Gasteiger partial charge < -0.3 is 15.2 Å². The number of nitrogens with zero attached hydrogens (tertiary/aromatic N) is 1. The van der Waals surface area contributed by atoms with Gasteiger partial charge in [-0.25, -0.2) is 0 Å². The number of ether oxygens (including phenoxy) is 1. The van der Waals surface area contributed by atoms with E-state index in [0.29, 0.717) is 0 Å². The fourth-order valence-corrected chi connectivity index (χ4v) is 1.32. The lowest BCUT2D eigenvalue weighted by molar-refractivity contribution is -0.384. The van der Waals surface area contributed by atoms with Crippen molar-refractivity contribution in [2.75, 3.05) is 20.3 Å². The summed E-state index contributed by atoms with van der Waals surface area (Å²) in [6.07, 6.45) is -0.808. The van der Waals surface area contributed by atoms with E-state index in [1.807, 2.05) is 0 Å². The second kappa shape index (κ2) is 6.67. The van der Waals surface area contributed by atoms with Gasteiger partial charge in [0.05, 0.1) is 17.6 Å². The molecule has 2 N–H and O–H groups in total. The van der Waals surface area contributed by atoms with Crippen LogP contribution >= 0.6 is 0 Å². The van der Waals surface area contributed by atoms with Crippen molar-refractivity contribution in [3.05, 3.63) is 39.9 Å². The maximum atomic E-state index is 11.6. The molecule has 1 rings (SSSR count). The van der Waals surface area contributed by atoms with Gasteiger partial charge in [-0.15, -0.1) is 0 Å². The van der Waals surface area contributed by atoms with Gasteiger partial charge in [-0.2, -0.15) is 0 Å². The van der Waals surface area contributed by atoms with Gasteiger partial charge in [0.1, 0.15) is 0 Å². The second-order valence-corrected chi connectivity index (χ2v) is 3.63. The first kappa shape index (κ1) is 14.1. The molecule has 7 heteroatoms. The molecule has 1 atom stereocenters. The molecule has 1 amide bonds. The van der Waals surface area contributed by atoms with Crippen LogP contribution in [0.15, 0.2) is 24.3 Å². The van der Waals surface area contributed by atoms with Crippen molar-refractivity contribution < 1.29 is 19.6 Å². The molecule has 0 radical (unpaired) electrons. The monoisotopic (exact) mass is 254 g/mol. The number of hydrogen-bond donors (Lipinski definition) is 2. The number of carbonyl (C=O) groups excluding carboxylic acids is 1. The Hall–Kier alpha value is -1.99. The molecule has 0 fully saturated rings. The van der Waals surface area contributed by atoms with Crippen LogP contribution in [0.4, 0.5) is 5.69 Å². The molecule has 7 nitrogen and oxygen atoms in total. The Balaban J connectivity index is 2.61. The van der Waals surface area contributed by atoms with Crippen molar-refractivity contribution in [3.63, 3.8) is 0 Å². The van der Waals surface area contributed by atoms with Crippen LogP contribution in [-0.2, 0) is 4.74 Å². The fourth-order valence-electron chi connectivity index (χ4n) is 1.32. The summed E-state index contributed by atoms with van der Waals surface area (Å²) in [6, 6.07) is 5.37. The Morgan fingerprint density at radius 3 is 2.94 bits per heavy atom. The molecule has 0 bridgehead atoms. The van der Waals surface area contributed by atoms with Gasteiger partial charge in [-0.1, -0.05) is 6.07 Å². The molecule has 0 aliphatic heterocycles. The molecule has 0 spiro atoms. The van der Waals surface area contributed by atoms with Gasteiger partial charge in [-0.05, 0) is 6.07 Å². The third-order valence-electron chi connectivity index (χ3n) is 2.18. The SMILES string of the molecule is COCC(O)CNC(=O)c1cccc([N+](=O)[O-])c1. The van der Waals surface area contributed by atoms with Gasteiger partial charge in [0.25, 0.3) is 11.6 Å². The van der Waals surface area contributed by atoms with Gasteiger partial charge in [0.15, 0.2) is 0 Å². The zero-order valence-electron chi connectivity index (χ0n) is 9.83. The highest BCUT2D eigenvalue weighted by Crippen LogP contribution is 2.12. The normalized spacial score (nSPS) is 11.9. The van der Waals surface area contributed by atoms with Crippen LogP contribution in [0.1, 0.15) is 10.4 Å². The number of aliphatic hydroxyl groups is 1.